The molecule has 1 atom stereocenters. The molecule has 0 heterocycles. The number of nitrogens with one attached hydrogen (secondary N) is 1. The van der Waals surface area contributed by atoms with E-state index in [4.69, 9.17) is 15.2 Å². The number of hydrogen-bond donors (Lipinski definition) is 2. The average molecular weight is 594 g/mol. The molecule has 7 nitrogen and oxygen atoms in total. The molecular formula is C37H43N3O4. The molecule has 7 heteroatoms. The van der Waals surface area contributed by atoms with Crippen molar-refractivity contribution in [2.75, 3.05) is 26.3 Å². The minimum atomic E-state index is -1.06. The maximum absolute atomic E-state index is 13.9. The maximum atomic E-state index is 13.9. The van der Waals surface area contributed by atoms with E-state index in [1.165, 1.54) is 0 Å². The highest BCUT2D eigenvalue weighted by Crippen LogP contribution is 2.36. The third kappa shape index (κ3) is 8.41. The molecule has 2 amide bonds. The molecule has 4 rings (SSSR count). The molecule has 0 aromatic heterocycles. The van der Waals surface area contributed by atoms with Gasteiger partial charge in [-0.15, -0.1) is 0 Å². The van der Waals surface area contributed by atoms with E-state index in [1.807, 2.05) is 135 Å². The van der Waals surface area contributed by atoms with E-state index in [0.29, 0.717) is 26.2 Å². The topological polar surface area (TPSA) is 93.9 Å². The summed E-state index contributed by atoms with van der Waals surface area (Å²) in [5.74, 6) is -0.665. The Morgan fingerprint density at radius 1 is 0.727 bits per heavy atom. The summed E-state index contributed by atoms with van der Waals surface area (Å²) in [5, 5.41) is 3.30. The Kier molecular flexibility index (Phi) is 12.2. The zero-order chi connectivity index (χ0) is 31.2. The lowest BCUT2D eigenvalue weighted by Gasteiger charge is -2.37. The number of carbonyl (C=O) groups is 2. The van der Waals surface area contributed by atoms with E-state index in [0.717, 1.165) is 22.3 Å². The summed E-state index contributed by atoms with van der Waals surface area (Å²) < 4.78 is 11.5. The molecule has 44 heavy (non-hydrogen) atoms. The van der Waals surface area contributed by atoms with Gasteiger partial charge in [-0.05, 0) is 42.5 Å². The van der Waals surface area contributed by atoms with Gasteiger partial charge in [-0.1, -0.05) is 121 Å². The lowest BCUT2D eigenvalue weighted by Crippen LogP contribution is -2.52. The molecule has 4 aromatic carbocycles. The summed E-state index contributed by atoms with van der Waals surface area (Å²) in [6.45, 7) is 5.29. The Balaban J connectivity index is 1.60. The predicted molar refractivity (Wildman–Crippen MR) is 174 cm³/mol. The molecule has 0 aliphatic carbocycles. The fraction of sp³-hybridized carbons (Fsp3) is 0.297. The second kappa shape index (κ2) is 16.5. The monoisotopic (exact) mass is 593 g/mol. The fourth-order valence-corrected chi connectivity index (χ4v) is 5.47. The lowest BCUT2D eigenvalue weighted by molar-refractivity contribution is -0.159. The number of nitrogens with two attached hydrogens (primary N) is 1. The molecular weight excluding hydrogens is 550 g/mol. The van der Waals surface area contributed by atoms with Gasteiger partial charge >= 0.3 is 0 Å². The summed E-state index contributed by atoms with van der Waals surface area (Å²) >= 11 is 0. The van der Waals surface area contributed by atoms with E-state index in [1.54, 1.807) is 4.90 Å². The van der Waals surface area contributed by atoms with Crippen LogP contribution in [0.4, 0.5) is 0 Å². The third-order valence-electron chi connectivity index (χ3n) is 7.57. The quantitative estimate of drug-likeness (QED) is 0.136. The number of rotatable bonds is 16. The Hall–Kier alpha value is -4.30. The van der Waals surface area contributed by atoms with Crippen molar-refractivity contribution in [2.45, 2.75) is 44.6 Å². The van der Waals surface area contributed by atoms with Gasteiger partial charge in [-0.3, -0.25) is 9.59 Å². The van der Waals surface area contributed by atoms with Crippen molar-refractivity contribution in [3.8, 4) is 0 Å². The summed E-state index contributed by atoms with van der Waals surface area (Å²) in [4.78, 5) is 29.4. The fourth-order valence-electron chi connectivity index (χ4n) is 5.47. The number of amides is 2. The SMILES string of the molecule is CCOC(CN(CCc1ccccc1)C(=O)C(N)CC(=O)NC(c1ccccc1)(c1ccccc1)c1ccccc1)OCC. The molecule has 0 aliphatic heterocycles. The summed E-state index contributed by atoms with van der Waals surface area (Å²) in [6, 6.07) is 38.4. The average Bonchev–Trinajstić information content (AvgIpc) is 3.07. The van der Waals surface area contributed by atoms with E-state index >= 15 is 0 Å². The highest BCUT2D eigenvalue weighted by molar-refractivity contribution is 5.89. The van der Waals surface area contributed by atoms with E-state index in [9.17, 15) is 9.59 Å². The molecule has 0 aliphatic rings. The molecule has 4 aromatic rings. The van der Waals surface area contributed by atoms with Gasteiger partial charge in [-0.2, -0.15) is 0 Å². The Labute approximate surface area is 261 Å². The molecule has 230 valence electrons. The molecule has 1 unspecified atom stereocenters. The van der Waals surface area contributed by atoms with Gasteiger partial charge in [0.1, 0.15) is 5.54 Å². The van der Waals surface area contributed by atoms with E-state index < -0.39 is 17.9 Å². The second-order valence-electron chi connectivity index (χ2n) is 10.6. The van der Waals surface area contributed by atoms with Crippen LogP contribution in [0.15, 0.2) is 121 Å². The van der Waals surface area contributed by atoms with Gasteiger partial charge in [0.15, 0.2) is 6.29 Å². The van der Waals surface area contributed by atoms with Gasteiger partial charge in [0.05, 0.1) is 19.0 Å². The van der Waals surface area contributed by atoms with Gasteiger partial charge in [-0.25, -0.2) is 0 Å². The molecule has 0 radical (unpaired) electrons. The molecule has 0 bridgehead atoms. The first kappa shape index (κ1) is 32.6. The van der Waals surface area contributed by atoms with Gasteiger partial charge in [0.25, 0.3) is 0 Å². The van der Waals surface area contributed by atoms with Crippen LogP contribution in [0, 0.1) is 0 Å². The van der Waals surface area contributed by atoms with Gasteiger partial charge in [0.2, 0.25) is 11.8 Å². The van der Waals surface area contributed by atoms with Crippen LogP contribution >= 0.6 is 0 Å². The lowest BCUT2D eigenvalue weighted by atomic mass is 9.77. The second-order valence-corrected chi connectivity index (χ2v) is 10.6. The van der Waals surface area contributed by atoms with Crippen molar-refractivity contribution in [1.82, 2.24) is 10.2 Å². The zero-order valence-electron chi connectivity index (χ0n) is 25.6. The van der Waals surface area contributed by atoms with Crippen LogP contribution in [0.1, 0.15) is 42.5 Å². The highest BCUT2D eigenvalue weighted by atomic mass is 16.7. The van der Waals surface area contributed by atoms with Crippen molar-refractivity contribution in [3.63, 3.8) is 0 Å². The van der Waals surface area contributed by atoms with Crippen LogP contribution < -0.4 is 11.1 Å². The smallest absolute Gasteiger partial charge is 0.240 e. The highest BCUT2D eigenvalue weighted by Gasteiger charge is 2.38. The van der Waals surface area contributed by atoms with Gasteiger partial charge < -0.3 is 25.4 Å². The standard InChI is InChI=1S/C37H43N3O4/c1-3-43-35(44-4-2)28-40(26-25-29-17-9-5-10-18-29)36(42)33(38)27-34(41)39-37(30-19-11-6-12-20-30,31-21-13-7-14-22-31)32-23-15-8-16-24-32/h5-24,33,35H,3-4,25-28,38H2,1-2H3,(H,39,41). The first-order valence-electron chi connectivity index (χ1n) is 15.3. The van der Waals surface area contributed by atoms with Crippen molar-refractivity contribution in [1.29, 1.82) is 0 Å². The normalized spacial score (nSPS) is 12.1. The minimum absolute atomic E-state index is 0.192. The largest absolute Gasteiger partial charge is 0.351 e. The van der Waals surface area contributed by atoms with E-state index in [2.05, 4.69) is 5.32 Å². The predicted octanol–water partition coefficient (Wildman–Crippen LogP) is 5.28. The van der Waals surface area contributed by atoms with Crippen molar-refractivity contribution >= 4 is 11.8 Å². The van der Waals surface area contributed by atoms with Crippen molar-refractivity contribution in [2.24, 2.45) is 5.73 Å². The minimum Gasteiger partial charge on any atom is -0.351 e. The van der Waals surface area contributed by atoms with Crippen LogP contribution in [-0.2, 0) is 31.0 Å². The summed E-state index contributed by atoms with van der Waals surface area (Å²) in [7, 11) is 0. The number of hydrogen-bond acceptors (Lipinski definition) is 5. The maximum Gasteiger partial charge on any atom is 0.240 e. The third-order valence-corrected chi connectivity index (χ3v) is 7.57. The number of nitrogens with zero attached hydrogens (tertiary/aromatic N) is 1. The Morgan fingerprint density at radius 2 is 1.16 bits per heavy atom. The molecule has 0 saturated carbocycles. The van der Waals surface area contributed by atoms with Crippen molar-refractivity contribution in [3.05, 3.63) is 144 Å². The van der Waals surface area contributed by atoms with Gasteiger partial charge in [0, 0.05) is 19.8 Å². The van der Waals surface area contributed by atoms with Crippen LogP contribution in [0.25, 0.3) is 0 Å². The first-order valence-corrected chi connectivity index (χ1v) is 15.3. The Morgan fingerprint density at radius 3 is 1.59 bits per heavy atom. The van der Waals surface area contributed by atoms with Crippen LogP contribution in [0.5, 0.6) is 0 Å². The van der Waals surface area contributed by atoms with E-state index in [-0.39, 0.29) is 24.8 Å². The first-order chi connectivity index (χ1) is 21.5. The zero-order valence-corrected chi connectivity index (χ0v) is 25.6. The summed E-state index contributed by atoms with van der Waals surface area (Å²) in [5.41, 5.74) is 9.30. The molecule has 0 fully saturated rings. The Bertz CT molecular complexity index is 1320. The molecule has 0 spiro atoms. The number of carbonyl (C=O) groups excluding carboxylic acids is 2. The van der Waals surface area contributed by atoms with Crippen LogP contribution in [0.3, 0.4) is 0 Å². The molecule has 3 N–H and O–H groups in total. The van der Waals surface area contributed by atoms with Crippen LogP contribution in [-0.4, -0.2) is 55.3 Å². The van der Waals surface area contributed by atoms with Crippen LogP contribution in [0.2, 0.25) is 0 Å². The molecule has 0 saturated heterocycles. The number of ether oxygens (including phenoxy) is 2. The summed E-state index contributed by atoms with van der Waals surface area (Å²) in [6.07, 6.45) is -0.147. The van der Waals surface area contributed by atoms with Crippen molar-refractivity contribution < 1.29 is 19.1 Å². The number of benzene rings is 4.